The third-order valence-corrected chi connectivity index (χ3v) is 5.36. The van der Waals surface area contributed by atoms with E-state index < -0.39 is 48.7 Å². The van der Waals surface area contributed by atoms with Crippen molar-refractivity contribution < 1.29 is 24.2 Å². The zero-order valence-corrected chi connectivity index (χ0v) is 21.4. The molecule has 0 aliphatic rings. The number of aliphatic hydroxyl groups excluding tert-OH is 1. The molecule has 0 fully saturated rings. The molecule has 0 spiro atoms. The van der Waals surface area contributed by atoms with Gasteiger partial charge in [-0.1, -0.05) is 49.4 Å². The molecule has 192 valence electrons. The highest BCUT2D eigenvalue weighted by Crippen LogP contribution is 2.26. The number of para-hydroxylation sites is 1. The van der Waals surface area contributed by atoms with Gasteiger partial charge in [0.15, 0.2) is 0 Å². The fraction of sp³-hybridized carbons (Fsp3) is 0.407. The van der Waals surface area contributed by atoms with E-state index in [9.17, 15) is 24.8 Å². The van der Waals surface area contributed by atoms with Crippen LogP contribution in [-0.4, -0.2) is 52.7 Å². The average molecular weight is 495 g/mol. The number of carbonyl (C=O) groups is 3. The summed E-state index contributed by atoms with van der Waals surface area (Å²) in [5.41, 5.74) is 2.08. The van der Waals surface area contributed by atoms with Gasteiger partial charge < -0.3 is 25.4 Å². The number of alkyl carbamates (subject to hydrolysis) is 1. The molecule has 0 aliphatic carbocycles. The minimum Gasteiger partial charge on any atom is -0.444 e. The van der Waals surface area contributed by atoms with Crippen molar-refractivity contribution in [2.45, 2.75) is 58.7 Å². The quantitative estimate of drug-likeness (QED) is 0.458. The van der Waals surface area contributed by atoms with E-state index in [1.807, 2.05) is 44.2 Å². The molecule has 2 atom stereocenters. The fourth-order valence-electron chi connectivity index (χ4n) is 3.53. The van der Waals surface area contributed by atoms with Crippen molar-refractivity contribution in [3.63, 3.8) is 0 Å². The van der Waals surface area contributed by atoms with Gasteiger partial charge in [-0.25, -0.2) is 4.79 Å². The average Bonchev–Trinajstić information content (AvgIpc) is 2.82. The molecule has 9 heteroatoms. The van der Waals surface area contributed by atoms with Crippen LogP contribution in [0.25, 0.3) is 0 Å². The maximum Gasteiger partial charge on any atom is 0.408 e. The number of rotatable bonds is 9. The summed E-state index contributed by atoms with van der Waals surface area (Å²) in [6.45, 7) is 7.62. The van der Waals surface area contributed by atoms with Crippen LogP contribution in [-0.2, 0) is 20.7 Å². The van der Waals surface area contributed by atoms with Crippen LogP contribution in [0.1, 0.15) is 50.4 Å². The number of aliphatic hydroxyl groups is 1. The van der Waals surface area contributed by atoms with E-state index in [-0.39, 0.29) is 0 Å². The van der Waals surface area contributed by atoms with Crippen molar-refractivity contribution >= 4 is 23.6 Å². The number of nitrogens with one attached hydrogen (secondary N) is 2. The molecule has 0 aromatic heterocycles. The van der Waals surface area contributed by atoms with Gasteiger partial charge in [0.1, 0.15) is 24.2 Å². The summed E-state index contributed by atoms with van der Waals surface area (Å²) in [4.78, 5) is 40.4. The predicted molar refractivity (Wildman–Crippen MR) is 136 cm³/mol. The normalized spacial score (nSPS) is 12.6. The smallest absolute Gasteiger partial charge is 0.408 e. The van der Waals surface area contributed by atoms with Crippen LogP contribution in [0.3, 0.4) is 0 Å². The first kappa shape index (κ1) is 28.3. The molecular weight excluding hydrogens is 460 g/mol. The summed E-state index contributed by atoms with van der Waals surface area (Å²) in [6, 6.07) is 13.7. The highest BCUT2D eigenvalue weighted by atomic mass is 16.6. The topological polar surface area (TPSA) is 132 Å². The van der Waals surface area contributed by atoms with Gasteiger partial charge in [0, 0.05) is 5.69 Å². The summed E-state index contributed by atoms with van der Waals surface area (Å²) in [5.74, 6) is -1.33. The third-order valence-electron chi connectivity index (χ3n) is 5.36. The molecule has 0 saturated heterocycles. The van der Waals surface area contributed by atoms with Gasteiger partial charge in [0.2, 0.25) is 5.91 Å². The Morgan fingerprint density at radius 3 is 2.28 bits per heavy atom. The minimum absolute atomic E-state index is 0.452. The molecule has 2 aromatic rings. The van der Waals surface area contributed by atoms with Crippen molar-refractivity contribution in [2.24, 2.45) is 0 Å². The lowest BCUT2D eigenvalue weighted by Gasteiger charge is -2.32. The van der Waals surface area contributed by atoms with Crippen LogP contribution in [0.2, 0.25) is 0 Å². The Hall–Kier alpha value is -3.90. The van der Waals surface area contributed by atoms with E-state index in [1.54, 1.807) is 45.0 Å². The molecule has 2 unspecified atom stereocenters. The number of nitriles is 1. The summed E-state index contributed by atoms with van der Waals surface area (Å²) >= 11 is 0. The summed E-state index contributed by atoms with van der Waals surface area (Å²) < 4.78 is 5.19. The van der Waals surface area contributed by atoms with Gasteiger partial charge in [0.05, 0.1) is 12.7 Å². The van der Waals surface area contributed by atoms with Gasteiger partial charge in [-0.3, -0.25) is 9.59 Å². The molecule has 0 radical (unpaired) electrons. The predicted octanol–water partition coefficient (Wildman–Crippen LogP) is 3.48. The number of benzene rings is 2. The Balaban J connectivity index is 2.46. The monoisotopic (exact) mass is 494 g/mol. The first-order valence-corrected chi connectivity index (χ1v) is 11.7. The number of amides is 3. The maximum absolute atomic E-state index is 13.6. The van der Waals surface area contributed by atoms with E-state index in [1.165, 1.54) is 0 Å². The van der Waals surface area contributed by atoms with Crippen molar-refractivity contribution in [1.82, 2.24) is 10.2 Å². The molecule has 3 amide bonds. The molecule has 0 bridgehead atoms. The van der Waals surface area contributed by atoms with Gasteiger partial charge in [-0.2, -0.15) is 5.26 Å². The van der Waals surface area contributed by atoms with E-state index in [4.69, 9.17) is 4.74 Å². The Labute approximate surface area is 212 Å². The second-order valence-electron chi connectivity index (χ2n) is 9.31. The Morgan fingerprint density at radius 2 is 1.75 bits per heavy atom. The van der Waals surface area contributed by atoms with Crippen molar-refractivity contribution in [3.8, 4) is 6.07 Å². The third kappa shape index (κ3) is 7.82. The van der Waals surface area contributed by atoms with Crippen LogP contribution in [0.15, 0.2) is 48.5 Å². The van der Waals surface area contributed by atoms with Crippen molar-refractivity contribution in [3.05, 3.63) is 65.2 Å². The van der Waals surface area contributed by atoms with Gasteiger partial charge in [-0.05, 0) is 56.9 Å². The molecular formula is C27H34N4O5. The zero-order valence-electron chi connectivity index (χ0n) is 21.4. The fourth-order valence-corrected chi connectivity index (χ4v) is 3.53. The van der Waals surface area contributed by atoms with E-state index in [2.05, 4.69) is 10.6 Å². The van der Waals surface area contributed by atoms with E-state index in [0.29, 0.717) is 11.3 Å². The summed E-state index contributed by atoms with van der Waals surface area (Å²) in [7, 11) is 0. The number of carbonyl (C=O) groups excluding carboxylic acids is 3. The molecule has 0 aliphatic heterocycles. The largest absolute Gasteiger partial charge is 0.444 e. The first-order chi connectivity index (χ1) is 17.0. The van der Waals surface area contributed by atoms with Gasteiger partial charge in [-0.15, -0.1) is 0 Å². The lowest BCUT2D eigenvalue weighted by molar-refractivity contribution is -0.140. The van der Waals surface area contributed by atoms with Crippen molar-refractivity contribution in [1.29, 1.82) is 5.26 Å². The lowest BCUT2D eigenvalue weighted by atomic mass is 10.0. The molecule has 2 aromatic carbocycles. The highest BCUT2D eigenvalue weighted by molar-refractivity contribution is 5.99. The van der Waals surface area contributed by atoms with Crippen LogP contribution in [0.5, 0.6) is 0 Å². The Bertz CT molecular complexity index is 1100. The number of hydrogen-bond donors (Lipinski definition) is 3. The second-order valence-corrected chi connectivity index (χ2v) is 9.31. The van der Waals surface area contributed by atoms with E-state index in [0.717, 1.165) is 22.4 Å². The Kier molecular flexibility index (Phi) is 10.00. The van der Waals surface area contributed by atoms with Crippen LogP contribution in [0.4, 0.5) is 10.5 Å². The number of aryl methyl sites for hydroxylation is 2. The molecule has 3 N–H and O–H groups in total. The minimum atomic E-state index is -1.42. The second kappa shape index (κ2) is 12.7. The molecule has 36 heavy (non-hydrogen) atoms. The number of nitrogens with zero attached hydrogens (tertiary/aromatic N) is 2. The highest BCUT2D eigenvalue weighted by Gasteiger charge is 2.36. The van der Waals surface area contributed by atoms with Crippen LogP contribution in [0, 0.1) is 18.3 Å². The van der Waals surface area contributed by atoms with Crippen molar-refractivity contribution in [2.75, 3.05) is 18.5 Å². The van der Waals surface area contributed by atoms with Crippen LogP contribution < -0.4 is 10.6 Å². The van der Waals surface area contributed by atoms with E-state index >= 15 is 0 Å². The summed E-state index contributed by atoms with van der Waals surface area (Å²) in [6.07, 6.45) is -0.117. The molecule has 0 heterocycles. The summed E-state index contributed by atoms with van der Waals surface area (Å²) in [5, 5.41) is 24.6. The molecule has 0 saturated carbocycles. The van der Waals surface area contributed by atoms with Gasteiger partial charge in [0.25, 0.3) is 5.91 Å². The Morgan fingerprint density at radius 1 is 1.11 bits per heavy atom. The van der Waals surface area contributed by atoms with Gasteiger partial charge >= 0.3 is 6.09 Å². The SMILES string of the molecule is CCc1ccc(C(C(=O)Nc2ccccc2C)N(CC#N)C(=O)C(CO)NC(=O)OC(C)(C)C)cc1. The first-order valence-electron chi connectivity index (χ1n) is 11.7. The number of anilines is 1. The number of hydrogen-bond acceptors (Lipinski definition) is 6. The molecule has 9 nitrogen and oxygen atoms in total. The van der Waals surface area contributed by atoms with Crippen LogP contribution >= 0.6 is 0 Å². The lowest BCUT2D eigenvalue weighted by Crippen LogP contribution is -2.54. The standard InChI is InChI=1S/C27H34N4O5/c1-6-19-11-13-20(14-12-19)23(24(33)29-21-10-8-7-9-18(21)2)31(16-15-28)25(34)22(17-32)30-26(35)36-27(3,4)5/h7-14,22-23,32H,6,16-17H2,1-5H3,(H,29,33)(H,30,35). The zero-order chi connectivity index (χ0) is 26.9. The maximum atomic E-state index is 13.6. The number of ether oxygens (including phenoxy) is 1. The molecule has 2 rings (SSSR count).